The van der Waals surface area contributed by atoms with Gasteiger partial charge in [-0.2, -0.15) is 4.98 Å². The maximum atomic E-state index is 4.59. The normalized spacial score (nSPS) is 17.4. The van der Waals surface area contributed by atoms with Crippen molar-refractivity contribution in [3.8, 4) is 0 Å². The highest BCUT2D eigenvalue weighted by Crippen LogP contribution is 2.13. The molecule has 0 aromatic carbocycles. The predicted molar refractivity (Wildman–Crippen MR) is 67.4 cm³/mol. The summed E-state index contributed by atoms with van der Waals surface area (Å²) in [6, 6.07) is 6.07. The summed E-state index contributed by atoms with van der Waals surface area (Å²) in [5, 5.41) is 7.97. The third-order valence-electron chi connectivity index (χ3n) is 3.16. The third-order valence-corrected chi connectivity index (χ3v) is 3.16. The number of hydrogen-bond donors (Lipinski definition) is 1. The minimum absolute atomic E-state index is 0.850. The number of nitrogens with one attached hydrogen (secondary N) is 1. The van der Waals surface area contributed by atoms with Crippen molar-refractivity contribution in [2.75, 3.05) is 31.1 Å². The van der Waals surface area contributed by atoms with E-state index in [1.54, 1.807) is 0 Å². The molecule has 0 atom stereocenters. The third kappa shape index (κ3) is 1.98. The van der Waals surface area contributed by atoms with Gasteiger partial charge in [0, 0.05) is 25.3 Å². The Kier molecular flexibility index (Phi) is 2.68. The number of nitrogens with zero attached hydrogens (tertiary/aromatic N) is 4. The van der Waals surface area contributed by atoms with Gasteiger partial charge in [-0.25, -0.2) is 4.52 Å². The summed E-state index contributed by atoms with van der Waals surface area (Å²) in [6.45, 7) is 6.16. The molecule has 2 aromatic rings. The van der Waals surface area contributed by atoms with Gasteiger partial charge in [-0.05, 0) is 32.0 Å². The summed E-state index contributed by atoms with van der Waals surface area (Å²) in [7, 11) is 0. The predicted octanol–water partition coefficient (Wildman–Crippen LogP) is 0.837. The first kappa shape index (κ1) is 10.5. The van der Waals surface area contributed by atoms with Crippen LogP contribution in [0.3, 0.4) is 0 Å². The lowest BCUT2D eigenvalue weighted by Crippen LogP contribution is -2.28. The molecule has 1 aliphatic heterocycles. The van der Waals surface area contributed by atoms with E-state index in [-0.39, 0.29) is 0 Å². The molecule has 5 nitrogen and oxygen atoms in total. The maximum absolute atomic E-state index is 4.59. The van der Waals surface area contributed by atoms with Crippen LogP contribution in [-0.2, 0) is 0 Å². The van der Waals surface area contributed by atoms with E-state index in [1.165, 1.54) is 0 Å². The van der Waals surface area contributed by atoms with Crippen molar-refractivity contribution in [1.29, 1.82) is 0 Å². The second kappa shape index (κ2) is 4.33. The van der Waals surface area contributed by atoms with Gasteiger partial charge in [-0.15, -0.1) is 5.10 Å². The highest BCUT2D eigenvalue weighted by Gasteiger charge is 2.14. The molecule has 0 amide bonds. The highest BCUT2D eigenvalue weighted by atomic mass is 15.4. The van der Waals surface area contributed by atoms with Crippen molar-refractivity contribution in [3.05, 3.63) is 23.9 Å². The zero-order chi connectivity index (χ0) is 11.7. The molecule has 90 valence electrons. The molecule has 1 N–H and O–H groups in total. The Hall–Kier alpha value is -1.62. The first-order valence-electron chi connectivity index (χ1n) is 6.13. The van der Waals surface area contributed by atoms with E-state index in [9.17, 15) is 0 Å². The lowest BCUT2D eigenvalue weighted by molar-refractivity contribution is 0.724. The second-order valence-corrected chi connectivity index (χ2v) is 4.44. The van der Waals surface area contributed by atoms with Crippen LogP contribution in [0.25, 0.3) is 5.65 Å². The average Bonchev–Trinajstić information content (AvgIpc) is 2.59. The van der Waals surface area contributed by atoms with E-state index in [0.717, 1.165) is 49.9 Å². The maximum Gasteiger partial charge on any atom is 0.245 e. The standard InChI is InChI=1S/C12H17N5/c1-10-4-2-5-11-14-12(15-17(10)11)16-8-3-6-13-7-9-16/h2,4-5,13H,3,6-9H2,1H3. The van der Waals surface area contributed by atoms with Crippen molar-refractivity contribution in [1.82, 2.24) is 19.9 Å². The van der Waals surface area contributed by atoms with E-state index in [0.29, 0.717) is 0 Å². The molecule has 0 bridgehead atoms. The summed E-state index contributed by atoms with van der Waals surface area (Å²) in [6.07, 6.45) is 1.15. The van der Waals surface area contributed by atoms with Crippen molar-refractivity contribution >= 4 is 11.6 Å². The van der Waals surface area contributed by atoms with Gasteiger partial charge in [0.05, 0.1) is 0 Å². The number of aryl methyl sites for hydroxylation is 1. The molecule has 0 radical (unpaired) electrons. The summed E-state index contributed by atoms with van der Waals surface area (Å²) in [5.41, 5.74) is 2.05. The number of hydrogen-bond acceptors (Lipinski definition) is 4. The fourth-order valence-corrected chi connectivity index (χ4v) is 2.20. The summed E-state index contributed by atoms with van der Waals surface area (Å²) in [4.78, 5) is 6.85. The van der Waals surface area contributed by atoms with Crippen LogP contribution in [0.15, 0.2) is 18.2 Å². The Labute approximate surface area is 100 Å². The molecule has 1 aliphatic rings. The SMILES string of the molecule is Cc1cccc2nc(N3CCCNCC3)nn12. The Morgan fingerprint density at radius 2 is 2.18 bits per heavy atom. The fourth-order valence-electron chi connectivity index (χ4n) is 2.20. The molecule has 0 unspecified atom stereocenters. The van der Waals surface area contributed by atoms with Gasteiger partial charge in [0.25, 0.3) is 0 Å². The quantitative estimate of drug-likeness (QED) is 0.790. The van der Waals surface area contributed by atoms with Gasteiger partial charge in [0.1, 0.15) is 0 Å². The van der Waals surface area contributed by atoms with Crippen LogP contribution in [0.4, 0.5) is 5.95 Å². The Balaban J connectivity index is 1.96. The van der Waals surface area contributed by atoms with Crippen molar-refractivity contribution in [3.63, 3.8) is 0 Å². The lowest BCUT2D eigenvalue weighted by atomic mass is 10.4. The van der Waals surface area contributed by atoms with E-state index >= 15 is 0 Å². The van der Waals surface area contributed by atoms with E-state index in [4.69, 9.17) is 0 Å². The average molecular weight is 231 g/mol. The minimum atomic E-state index is 0.850. The first-order valence-corrected chi connectivity index (χ1v) is 6.13. The molecule has 1 fully saturated rings. The molecule has 3 rings (SSSR count). The molecule has 0 aliphatic carbocycles. The van der Waals surface area contributed by atoms with Crippen molar-refractivity contribution < 1.29 is 0 Å². The highest BCUT2D eigenvalue weighted by molar-refractivity contribution is 5.45. The van der Waals surface area contributed by atoms with Crippen LogP contribution in [0.1, 0.15) is 12.1 Å². The van der Waals surface area contributed by atoms with Gasteiger partial charge < -0.3 is 10.2 Å². The zero-order valence-corrected chi connectivity index (χ0v) is 10.1. The van der Waals surface area contributed by atoms with Crippen LogP contribution in [0.5, 0.6) is 0 Å². The van der Waals surface area contributed by atoms with Crippen molar-refractivity contribution in [2.45, 2.75) is 13.3 Å². The molecule has 0 saturated carbocycles. The Bertz CT molecular complexity index is 511. The fraction of sp³-hybridized carbons (Fsp3) is 0.500. The van der Waals surface area contributed by atoms with E-state index in [2.05, 4.69) is 33.3 Å². The Morgan fingerprint density at radius 3 is 3.06 bits per heavy atom. The topological polar surface area (TPSA) is 45.5 Å². The monoisotopic (exact) mass is 231 g/mol. The van der Waals surface area contributed by atoms with Crippen LogP contribution >= 0.6 is 0 Å². The van der Waals surface area contributed by atoms with Gasteiger partial charge in [0.15, 0.2) is 5.65 Å². The molecule has 5 heteroatoms. The Morgan fingerprint density at radius 1 is 1.24 bits per heavy atom. The summed E-state index contributed by atoms with van der Waals surface area (Å²) >= 11 is 0. The molecule has 17 heavy (non-hydrogen) atoms. The molecule has 1 saturated heterocycles. The summed E-state index contributed by atoms with van der Waals surface area (Å²) < 4.78 is 1.91. The van der Waals surface area contributed by atoms with Gasteiger partial charge in [-0.1, -0.05) is 6.07 Å². The van der Waals surface area contributed by atoms with Gasteiger partial charge >= 0.3 is 0 Å². The van der Waals surface area contributed by atoms with E-state index < -0.39 is 0 Å². The number of pyridine rings is 1. The number of rotatable bonds is 1. The number of anilines is 1. The largest absolute Gasteiger partial charge is 0.338 e. The minimum Gasteiger partial charge on any atom is -0.338 e. The summed E-state index contributed by atoms with van der Waals surface area (Å²) in [5.74, 6) is 0.850. The van der Waals surface area contributed by atoms with Crippen LogP contribution < -0.4 is 10.2 Å². The smallest absolute Gasteiger partial charge is 0.245 e. The molecular weight excluding hydrogens is 214 g/mol. The van der Waals surface area contributed by atoms with Crippen LogP contribution in [0.2, 0.25) is 0 Å². The van der Waals surface area contributed by atoms with E-state index in [1.807, 2.05) is 16.6 Å². The van der Waals surface area contributed by atoms with Gasteiger partial charge in [-0.3, -0.25) is 0 Å². The molecule has 0 spiro atoms. The lowest BCUT2D eigenvalue weighted by Gasteiger charge is -2.16. The molecule has 2 aromatic heterocycles. The van der Waals surface area contributed by atoms with Crippen molar-refractivity contribution in [2.24, 2.45) is 0 Å². The van der Waals surface area contributed by atoms with Crippen LogP contribution in [0, 0.1) is 6.92 Å². The van der Waals surface area contributed by atoms with Gasteiger partial charge in [0.2, 0.25) is 5.95 Å². The second-order valence-electron chi connectivity index (χ2n) is 4.44. The number of aromatic nitrogens is 3. The molecular formula is C12H17N5. The first-order chi connectivity index (χ1) is 8.34. The molecule has 3 heterocycles. The zero-order valence-electron chi connectivity index (χ0n) is 10.1. The number of fused-ring (bicyclic) bond motifs is 1. The van der Waals surface area contributed by atoms with Crippen LogP contribution in [-0.4, -0.2) is 40.8 Å².